The second kappa shape index (κ2) is 17.0. The quantitative estimate of drug-likeness (QED) is 0.229. The molecular weight excluding hydrogens is 548 g/mol. The van der Waals surface area contributed by atoms with Crippen LogP contribution in [0.2, 0.25) is 0 Å². The van der Waals surface area contributed by atoms with E-state index in [4.69, 9.17) is 0 Å². The molecule has 0 spiro atoms. The summed E-state index contributed by atoms with van der Waals surface area (Å²) in [5, 5.41) is 11.9. The van der Waals surface area contributed by atoms with Crippen LogP contribution in [0.4, 0.5) is 0 Å². The van der Waals surface area contributed by atoms with Gasteiger partial charge in [-0.05, 0) is 67.1 Å². The number of benzene rings is 3. The van der Waals surface area contributed by atoms with Gasteiger partial charge in [0.15, 0.2) is 0 Å². The number of nitrogens with one attached hydrogen (secondary N) is 3. The van der Waals surface area contributed by atoms with Crippen LogP contribution in [-0.4, -0.2) is 54.3 Å². The second-order valence-electron chi connectivity index (χ2n) is 10.9. The Morgan fingerprint density at radius 2 is 1.62 bits per heavy atom. The van der Waals surface area contributed by atoms with Gasteiger partial charge < -0.3 is 16.0 Å². The summed E-state index contributed by atoms with van der Waals surface area (Å²) in [6.07, 6.45) is 3.79. The van der Waals surface area contributed by atoms with Crippen LogP contribution in [-0.2, 0) is 27.3 Å². The Morgan fingerprint density at radius 3 is 2.31 bits per heavy atom. The van der Waals surface area contributed by atoms with Crippen molar-refractivity contribution in [2.24, 2.45) is 5.92 Å². The van der Waals surface area contributed by atoms with Crippen LogP contribution in [0.5, 0.6) is 0 Å². The standard InChI is InChI=1S/C34H44N4O3.ClH/c1-3-27(4-2)33(40)38(34(41)30-16-10-20-36-30)31(23-26-17-18-28-14-8-9-15-29(28)22-26)32(39)37-21-11-19-35-24-25-12-6-5-7-13-25;/h5-9,12-15,17-18,22,27,30-31,35-36H,3-4,10-11,16,19-21,23-24H2,1-2H3,(H,37,39);1H/t30-,31+;/m0./s1. The highest BCUT2D eigenvalue weighted by Gasteiger charge is 2.40. The third-order valence-corrected chi connectivity index (χ3v) is 8.03. The summed E-state index contributed by atoms with van der Waals surface area (Å²) in [5.41, 5.74) is 2.13. The minimum absolute atomic E-state index is 0. The third kappa shape index (κ3) is 8.87. The first-order chi connectivity index (χ1) is 20.0. The van der Waals surface area contributed by atoms with E-state index in [2.05, 4.69) is 34.1 Å². The molecule has 1 aliphatic heterocycles. The van der Waals surface area contributed by atoms with E-state index in [0.29, 0.717) is 25.8 Å². The molecule has 4 rings (SSSR count). The zero-order chi connectivity index (χ0) is 29.0. The zero-order valence-electron chi connectivity index (χ0n) is 24.8. The Labute approximate surface area is 256 Å². The fraction of sp³-hybridized carbons (Fsp3) is 0.441. The van der Waals surface area contributed by atoms with Gasteiger partial charge in [0, 0.05) is 25.4 Å². The van der Waals surface area contributed by atoms with Gasteiger partial charge in [-0.25, -0.2) is 0 Å². The molecule has 1 fully saturated rings. The van der Waals surface area contributed by atoms with E-state index >= 15 is 0 Å². The summed E-state index contributed by atoms with van der Waals surface area (Å²) < 4.78 is 0. The molecule has 0 radical (unpaired) electrons. The van der Waals surface area contributed by atoms with Gasteiger partial charge >= 0.3 is 0 Å². The van der Waals surface area contributed by atoms with Crippen LogP contribution in [0.15, 0.2) is 72.8 Å². The van der Waals surface area contributed by atoms with Crippen molar-refractivity contribution in [3.63, 3.8) is 0 Å². The molecule has 3 aromatic rings. The Balaban J connectivity index is 0.00000484. The minimum Gasteiger partial charge on any atom is -0.354 e. The number of hydrogen-bond acceptors (Lipinski definition) is 5. The van der Waals surface area contributed by atoms with Crippen LogP contribution in [0.3, 0.4) is 0 Å². The predicted molar refractivity (Wildman–Crippen MR) is 171 cm³/mol. The monoisotopic (exact) mass is 592 g/mol. The average molecular weight is 593 g/mol. The fourth-order valence-electron chi connectivity index (χ4n) is 5.58. The second-order valence-corrected chi connectivity index (χ2v) is 10.9. The number of carbonyl (C=O) groups is 3. The predicted octanol–water partition coefficient (Wildman–Crippen LogP) is 5.01. The van der Waals surface area contributed by atoms with Gasteiger partial charge in [-0.3, -0.25) is 19.3 Å². The minimum atomic E-state index is -0.920. The third-order valence-electron chi connectivity index (χ3n) is 8.03. The van der Waals surface area contributed by atoms with Gasteiger partial charge in [-0.1, -0.05) is 86.6 Å². The van der Waals surface area contributed by atoms with Crippen molar-refractivity contribution < 1.29 is 14.4 Å². The maximum Gasteiger partial charge on any atom is 0.247 e. The Bertz CT molecular complexity index is 1280. The van der Waals surface area contributed by atoms with Crippen molar-refractivity contribution >= 4 is 40.9 Å². The Hall–Kier alpha value is -3.26. The molecule has 1 saturated heterocycles. The number of nitrogens with zero attached hydrogens (tertiary/aromatic N) is 1. The molecule has 42 heavy (non-hydrogen) atoms. The molecule has 0 saturated carbocycles. The van der Waals surface area contributed by atoms with Crippen LogP contribution >= 0.6 is 12.4 Å². The largest absolute Gasteiger partial charge is 0.354 e. The Kier molecular flexibility index (Phi) is 13.5. The summed E-state index contributed by atoms with van der Waals surface area (Å²) in [6, 6.07) is 23.0. The molecule has 3 amide bonds. The van der Waals surface area contributed by atoms with Crippen molar-refractivity contribution in [2.75, 3.05) is 19.6 Å². The number of hydrogen-bond donors (Lipinski definition) is 3. The SMILES string of the molecule is CCC(CC)C(=O)N(C(=O)[C@@H]1CCCN1)[C@H](Cc1ccc2ccccc2c1)C(=O)NCCCNCc1ccccc1.Cl. The number of fused-ring (bicyclic) bond motifs is 1. The van der Waals surface area contributed by atoms with E-state index in [1.54, 1.807) is 0 Å². The molecule has 0 aromatic heterocycles. The van der Waals surface area contributed by atoms with Gasteiger partial charge in [0.05, 0.1) is 6.04 Å². The highest BCUT2D eigenvalue weighted by molar-refractivity contribution is 6.03. The lowest BCUT2D eigenvalue weighted by atomic mass is 9.96. The molecule has 3 aromatic carbocycles. The Morgan fingerprint density at radius 1 is 0.905 bits per heavy atom. The first kappa shape index (κ1) is 33.2. The number of carbonyl (C=O) groups excluding carboxylic acids is 3. The van der Waals surface area contributed by atoms with Gasteiger partial charge in [-0.2, -0.15) is 0 Å². The van der Waals surface area contributed by atoms with Gasteiger partial charge in [0.2, 0.25) is 17.7 Å². The summed E-state index contributed by atoms with van der Waals surface area (Å²) in [4.78, 5) is 42.9. The zero-order valence-corrected chi connectivity index (χ0v) is 25.6. The maximum absolute atomic E-state index is 13.9. The number of imide groups is 1. The smallest absolute Gasteiger partial charge is 0.247 e. The van der Waals surface area contributed by atoms with E-state index in [1.807, 2.05) is 68.4 Å². The lowest BCUT2D eigenvalue weighted by molar-refractivity contribution is -0.155. The molecule has 3 N–H and O–H groups in total. The van der Waals surface area contributed by atoms with Crippen LogP contribution in [0, 0.1) is 5.92 Å². The first-order valence-corrected chi connectivity index (χ1v) is 15.1. The number of amides is 3. The summed E-state index contributed by atoms with van der Waals surface area (Å²) in [7, 11) is 0. The van der Waals surface area contributed by atoms with Crippen molar-refractivity contribution in [1.29, 1.82) is 0 Å². The molecule has 0 unspecified atom stereocenters. The normalized spacial score (nSPS) is 15.3. The lowest BCUT2D eigenvalue weighted by Gasteiger charge is -2.33. The molecule has 1 heterocycles. The van der Waals surface area contributed by atoms with Crippen LogP contribution in [0.1, 0.15) is 57.1 Å². The molecule has 7 nitrogen and oxygen atoms in total. The molecule has 1 aliphatic rings. The van der Waals surface area contributed by atoms with Crippen LogP contribution < -0.4 is 16.0 Å². The fourth-order valence-corrected chi connectivity index (χ4v) is 5.58. The summed E-state index contributed by atoms with van der Waals surface area (Å²) in [6.45, 7) is 6.62. The molecule has 2 atom stereocenters. The van der Waals surface area contributed by atoms with Crippen molar-refractivity contribution in [3.8, 4) is 0 Å². The topological polar surface area (TPSA) is 90.5 Å². The van der Waals surface area contributed by atoms with E-state index in [0.717, 1.165) is 48.8 Å². The van der Waals surface area contributed by atoms with E-state index in [9.17, 15) is 14.4 Å². The lowest BCUT2D eigenvalue weighted by Crippen LogP contribution is -2.58. The molecule has 8 heteroatoms. The highest BCUT2D eigenvalue weighted by atomic mass is 35.5. The van der Waals surface area contributed by atoms with Gasteiger partial charge in [0.25, 0.3) is 0 Å². The molecule has 0 aliphatic carbocycles. The average Bonchev–Trinajstić information content (AvgIpc) is 3.55. The molecule has 0 bridgehead atoms. The van der Waals surface area contributed by atoms with Crippen molar-refractivity contribution in [1.82, 2.24) is 20.9 Å². The van der Waals surface area contributed by atoms with E-state index < -0.39 is 12.1 Å². The molecular formula is C34H45ClN4O3. The van der Waals surface area contributed by atoms with Gasteiger partial charge in [-0.15, -0.1) is 12.4 Å². The molecule has 226 valence electrons. The first-order valence-electron chi connectivity index (χ1n) is 15.1. The van der Waals surface area contributed by atoms with Gasteiger partial charge in [0.1, 0.15) is 6.04 Å². The number of halogens is 1. The summed E-state index contributed by atoms with van der Waals surface area (Å²) in [5.74, 6) is -1.13. The summed E-state index contributed by atoms with van der Waals surface area (Å²) >= 11 is 0. The van der Waals surface area contributed by atoms with E-state index in [-0.39, 0.29) is 42.5 Å². The van der Waals surface area contributed by atoms with Crippen molar-refractivity contribution in [2.45, 2.75) is 71.0 Å². The highest BCUT2D eigenvalue weighted by Crippen LogP contribution is 2.23. The number of rotatable bonds is 14. The van der Waals surface area contributed by atoms with Crippen LogP contribution in [0.25, 0.3) is 10.8 Å². The maximum atomic E-state index is 13.9. The van der Waals surface area contributed by atoms with E-state index in [1.165, 1.54) is 10.5 Å². The van der Waals surface area contributed by atoms with Crippen molar-refractivity contribution in [3.05, 3.63) is 83.9 Å².